The van der Waals surface area contributed by atoms with Crippen LogP contribution in [0, 0.1) is 0 Å². The summed E-state index contributed by atoms with van der Waals surface area (Å²) in [5.41, 5.74) is 0. The molecule has 4 N–H and O–H groups in total. The van der Waals surface area contributed by atoms with Crippen LogP contribution < -0.4 is 21.3 Å². The second kappa shape index (κ2) is 39.3. The number of halogens is 2. The van der Waals surface area contributed by atoms with Gasteiger partial charge in [-0.15, -0.1) is 0 Å². The van der Waals surface area contributed by atoms with Crippen LogP contribution in [0.1, 0.15) is 58.8 Å². The average Bonchev–Trinajstić information content (AvgIpc) is 4.07. The molecule has 28 heteroatoms. The van der Waals surface area contributed by atoms with Crippen LogP contribution in [-0.2, 0) is 62.0 Å². The van der Waals surface area contributed by atoms with Crippen molar-refractivity contribution < 1.29 is 38.4 Å². The largest absolute Gasteiger partial charge is 0.356 e. The highest BCUT2D eigenvalue weighted by Crippen LogP contribution is 2.54. The summed E-state index contributed by atoms with van der Waals surface area (Å²) in [6, 6.07) is -0.235. The molecule has 4 saturated heterocycles. The molecule has 6 aliphatic rings. The van der Waals surface area contributed by atoms with Gasteiger partial charge >= 0.3 is 0 Å². The molecule has 0 saturated carbocycles. The number of likely N-dealkylation sites (N-methyl/N-ethyl adjacent to an activating group) is 2. The standard InChI is InChI=1S/2C15H21N3O4S2.2CH2S2.CH4.I2.P2S2/c2*1-16-10(14(22)15-23-24-15)4-2-3-8-17-11(19)7-9-18-12(20)5-6-13(18)21;2*1-2-3-1;;1-2;3-1-2-4/h2*5-6,10,15-16H,2-4,7-9H2,1H3,(H,17,19);2*1H2;1H4;;. The first-order valence-electron chi connectivity index (χ1n) is 17.9. The van der Waals surface area contributed by atoms with E-state index in [-0.39, 0.29) is 102 Å². The number of nitrogens with zero attached hydrogens (tertiary/aromatic N) is 2. The molecule has 6 aliphatic heterocycles. The molecule has 14 nitrogen and oxygen atoms in total. The third-order valence-electron chi connectivity index (χ3n) is 7.91. The van der Waals surface area contributed by atoms with Crippen LogP contribution in [0.3, 0.4) is 0 Å². The Balaban J connectivity index is 0.000000915. The Morgan fingerprint density at radius 1 is 0.639 bits per heavy atom. The van der Waals surface area contributed by atoms with Gasteiger partial charge in [-0.25, -0.2) is 0 Å². The monoisotopic (exact) mass is 1290 g/mol. The Kier molecular flexibility index (Phi) is 40.1. The number of unbranched alkanes of at least 4 members (excludes halogenated alkanes) is 2. The van der Waals surface area contributed by atoms with Gasteiger partial charge in [0.1, 0.15) is 9.16 Å². The van der Waals surface area contributed by atoms with Crippen LogP contribution >= 0.6 is 138 Å². The summed E-state index contributed by atoms with van der Waals surface area (Å²) in [6.07, 6.45) is 9.79. The number of rotatable bonds is 23. The summed E-state index contributed by atoms with van der Waals surface area (Å²) >= 11 is 13.1. The lowest BCUT2D eigenvalue weighted by Gasteiger charge is -2.14. The third kappa shape index (κ3) is 31.8. The van der Waals surface area contributed by atoms with Gasteiger partial charge in [0, 0.05) is 115 Å². The Labute approximate surface area is 427 Å². The number of Topliss-reactive ketones (excluding diaryl/α,β-unsaturated/α-hetero) is 2. The summed E-state index contributed by atoms with van der Waals surface area (Å²) in [6.45, 7) is 1.25. The maximum atomic E-state index is 11.9. The van der Waals surface area contributed by atoms with E-state index in [1.165, 1.54) is 34.5 Å². The van der Waals surface area contributed by atoms with E-state index >= 15 is 0 Å². The fourth-order valence-corrected chi connectivity index (χ4v) is 7.36. The number of hydrogen-bond donors (Lipinski definition) is 4. The smallest absolute Gasteiger partial charge is 0.253 e. The van der Waals surface area contributed by atoms with Crippen molar-refractivity contribution in [1.29, 1.82) is 0 Å². The van der Waals surface area contributed by atoms with Crippen LogP contribution in [0.4, 0.5) is 0 Å². The van der Waals surface area contributed by atoms with E-state index in [1.807, 2.05) is 43.2 Å². The first-order chi connectivity index (χ1) is 29.0. The molecule has 61 heavy (non-hydrogen) atoms. The molecule has 0 bridgehead atoms. The van der Waals surface area contributed by atoms with Crippen molar-refractivity contribution in [2.75, 3.05) is 50.4 Å². The van der Waals surface area contributed by atoms with Gasteiger partial charge in [0.2, 0.25) is 11.8 Å². The summed E-state index contributed by atoms with van der Waals surface area (Å²) in [7, 11) is 19.4. The number of carbonyl (C=O) groups excluding carboxylic acids is 8. The predicted octanol–water partition coefficient (Wildman–Crippen LogP) is 7.74. The van der Waals surface area contributed by atoms with E-state index in [0.29, 0.717) is 13.1 Å². The van der Waals surface area contributed by atoms with Crippen molar-refractivity contribution in [3.63, 3.8) is 0 Å². The molecule has 0 aromatic rings. The zero-order valence-electron chi connectivity index (χ0n) is 32.4. The fourth-order valence-electron chi connectivity index (χ4n) is 4.74. The number of imide groups is 2. The van der Waals surface area contributed by atoms with Crippen molar-refractivity contribution in [3.05, 3.63) is 24.3 Å². The Morgan fingerprint density at radius 3 is 1.16 bits per heavy atom. The fraction of sp³-hybridized carbons (Fsp3) is 0.636. The van der Waals surface area contributed by atoms with E-state index in [2.05, 4.69) is 82.1 Å². The normalized spacial score (nSPS) is 17.3. The molecular formula is C33H50I2N6O8P2S10. The summed E-state index contributed by atoms with van der Waals surface area (Å²) < 4.78 is 0.181. The van der Waals surface area contributed by atoms with Crippen molar-refractivity contribution in [1.82, 2.24) is 31.1 Å². The number of nitrogens with one attached hydrogen (secondary N) is 4. The molecule has 6 amide bonds. The lowest BCUT2D eigenvalue weighted by atomic mass is 10.1. The number of hydrogen-bond acceptors (Lipinski definition) is 20. The van der Waals surface area contributed by atoms with Crippen molar-refractivity contribution in [2.45, 2.75) is 80.0 Å². The minimum Gasteiger partial charge on any atom is -0.356 e. The minimum atomic E-state index is -0.373. The molecule has 0 aromatic heterocycles. The van der Waals surface area contributed by atoms with E-state index in [0.717, 1.165) is 62.4 Å². The van der Waals surface area contributed by atoms with Crippen LogP contribution in [0.5, 0.6) is 0 Å². The zero-order valence-corrected chi connectivity index (χ0v) is 46.7. The van der Waals surface area contributed by atoms with E-state index in [1.54, 1.807) is 57.3 Å². The molecule has 0 spiro atoms. The molecule has 0 aliphatic carbocycles. The molecule has 6 heterocycles. The Hall–Kier alpha value is 1.26. The van der Waals surface area contributed by atoms with Crippen molar-refractivity contribution in [3.8, 4) is 0 Å². The van der Waals surface area contributed by atoms with E-state index in [9.17, 15) is 38.4 Å². The van der Waals surface area contributed by atoms with Crippen LogP contribution in [0.25, 0.3) is 0 Å². The quantitative estimate of drug-likeness (QED) is 0.0194. The van der Waals surface area contributed by atoms with Gasteiger partial charge in [-0.05, 0) is 76.2 Å². The Bertz CT molecular complexity index is 1370. The van der Waals surface area contributed by atoms with Gasteiger partial charge < -0.3 is 21.3 Å². The van der Waals surface area contributed by atoms with Crippen LogP contribution in [0.15, 0.2) is 24.3 Å². The zero-order chi connectivity index (χ0) is 44.7. The van der Waals surface area contributed by atoms with Crippen LogP contribution in [0.2, 0.25) is 0 Å². The van der Waals surface area contributed by atoms with Gasteiger partial charge in [-0.3, -0.25) is 48.2 Å². The topological polar surface area (TPSA) is 191 Å². The second-order valence-electron chi connectivity index (χ2n) is 11.9. The number of amides is 6. The third-order valence-corrected chi connectivity index (χ3v) is 16.5. The first kappa shape index (κ1) is 62.3. The maximum Gasteiger partial charge on any atom is 0.253 e. The first-order valence-corrected chi connectivity index (χ1v) is 38.3. The second-order valence-corrected chi connectivity index (χ2v) is 27.4. The Morgan fingerprint density at radius 2 is 0.934 bits per heavy atom. The lowest BCUT2D eigenvalue weighted by Crippen LogP contribution is -2.36. The van der Waals surface area contributed by atoms with E-state index < -0.39 is 0 Å². The highest BCUT2D eigenvalue weighted by Gasteiger charge is 2.37. The predicted molar refractivity (Wildman–Crippen MR) is 292 cm³/mol. The number of carbonyl (C=O) groups is 8. The van der Waals surface area contributed by atoms with Gasteiger partial charge in [0.05, 0.1) is 22.3 Å². The van der Waals surface area contributed by atoms with Gasteiger partial charge in [-0.1, -0.05) is 93.8 Å². The van der Waals surface area contributed by atoms with Gasteiger partial charge in [0.15, 0.2) is 11.6 Å². The van der Waals surface area contributed by atoms with Gasteiger partial charge in [0.25, 0.3) is 23.6 Å². The highest BCUT2D eigenvalue weighted by molar-refractivity contribution is 15.0. The molecule has 344 valence electrons. The summed E-state index contributed by atoms with van der Waals surface area (Å²) in [5.74, 6) is -1.38. The van der Waals surface area contributed by atoms with Crippen molar-refractivity contribution in [2.24, 2.45) is 0 Å². The maximum absolute atomic E-state index is 11.9. The van der Waals surface area contributed by atoms with Crippen molar-refractivity contribution >= 4 is 208 Å². The molecule has 2 unspecified atom stereocenters. The highest BCUT2D eigenvalue weighted by atomic mass is 128. The molecule has 4 fully saturated rings. The molecule has 2 atom stereocenters. The SMILES string of the molecule is C.C1SS1.C1SS1.CNC(CCCCNC(=O)CCN1C(=O)C=CC1=O)C(=O)C1SS1.CNC(CCCCNC(=O)CCN1C(=O)C=CC1=O)C(=O)C1SS1.II.S=PP=S. The van der Waals surface area contributed by atoms with E-state index in [4.69, 9.17) is 0 Å². The molecule has 6 rings (SSSR count). The summed E-state index contributed by atoms with van der Waals surface area (Å²) in [4.78, 5) is 94.8. The lowest BCUT2D eigenvalue weighted by molar-refractivity contribution is -0.139. The van der Waals surface area contributed by atoms with Gasteiger partial charge in [-0.2, -0.15) is 0 Å². The van der Waals surface area contributed by atoms with Crippen LogP contribution in [-0.4, -0.2) is 129 Å². The molecule has 0 aromatic carbocycles. The minimum absolute atomic E-state index is 0. The summed E-state index contributed by atoms with van der Waals surface area (Å²) in [5, 5.41) is 14.3. The molecule has 0 radical (unpaired) electrons. The number of ketones is 2. The molecular weight excluding hydrogens is 1240 g/mol. The average molecular weight is 1300 g/mol.